The van der Waals surface area contributed by atoms with Gasteiger partial charge in [-0.3, -0.25) is 4.79 Å². The fourth-order valence-corrected chi connectivity index (χ4v) is 2.56. The van der Waals surface area contributed by atoms with E-state index >= 15 is 0 Å². The first-order chi connectivity index (χ1) is 11.5. The number of aromatic nitrogens is 2. The lowest BCUT2D eigenvalue weighted by Crippen LogP contribution is -2.31. The Morgan fingerprint density at radius 3 is 2.58 bits per heavy atom. The van der Waals surface area contributed by atoms with E-state index in [0.29, 0.717) is 17.0 Å². The van der Waals surface area contributed by atoms with Gasteiger partial charge in [-0.05, 0) is 36.8 Å². The first-order valence-corrected chi connectivity index (χ1v) is 7.65. The average molecular weight is 323 g/mol. The van der Waals surface area contributed by atoms with E-state index in [-0.39, 0.29) is 11.7 Å². The van der Waals surface area contributed by atoms with Gasteiger partial charge < -0.3 is 9.88 Å². The third-order valence-corrected chi connectivity index (χ3v) is 3.89. The SMILES string of the molecule is Cc1ccc(C(=O)NC(c2cccc(F)c2)c2nccn2C)cc1. The van der Waals surface area contributed by atoms with Gasteiger partial charge in [-0.2, -0.15) is 0 Å². The van der Waals surface area contributed by atoms with E-state index in [1.54, 1.807) is 36.7 Å². The molecule has 1 atom stereocenters. The number of carbonyl (C=O) groups excluding carboxylic acids is 1. The van der Waals surface area contributed by atoms with E-state index in [1.807, 2.05) is 30.7 Å². The average Bonchev–Trinajstić information content (AvgIpc) is 2.99. The van der Waals surface area contributed by atoms with Gasteiger partial charge in [0.2, 0.25) is 0 Å². The maximum Gasteiger partial charge on any atom is 0.252 e. The molecule has 0 spiro atoms. The number of halogens is 1. The normalized spacial score (nSPS) is 12.0. The molecular weight excluding hydrogens is 305 g/mol. The standard InChI is InChI=1S/C19H18FN3O/c1-13-6-8-14(9-7-13)19(24)22-17(18-21-10-11-23(18)2)15-4-3-5-16(20)12-15/h3-12,17H,1-2H3,(H,22,24). The third kappa shape index (κ3) is 3.35. The number of nitrogens with one attached hydrogen (secondary N) is 1. The van der Waals surface area contributed by atoms with Crippen molar-refractivity contribution in [2.24, 2.45) is 7.05 Å². The van der Waals surface area contributed by atoms with Crippen molar-refractivity contribution in [3.05, 3.63) is 89.3 Å². The molecule has 1 N–H and O–H groups in total. The Kier molecular flexibility index (Phi) is 4.42. The van der Waals surface area contributed by atoms with Crippen molar-refractivity contribution in [3.8, 4) is 0 Å². The van der Waals surface area contributed by atoms with E-state index in [4.69, 9.17) is 0 Å². The van der Waals surface area contributed by atoms with Gasteiger partial charge in [-0.25, -0.2) is 9.37 Å². The minimum atomic E-state index is -0.533. The van der Waals surface area contributed by atoms with Crippen LogP contribution in [0.25, 0.3) is 0 Å². The molecule has 1 aromatic heterocycles. The second-order valence-electron chi connectivity index (χ2n) is 5.72. The van der Waals surface area contributed by atoms with Crippen LogP contribution in [0.15, 0.2) is 60.9 Å². The minimum Gasteiger partial charge on any atom is -0.338 e. The van der Waals surface area contributed by atoms with Crippen LogP contribution in [-0.4, -0.2) is 15.5 Å². The summed E-state index contributed by atoms with van der Waals surface area (Å²) in [6.07, 6.45) is 3.44. The van der Waals surface area contributed by atoms with E-state index in [1.165, 1.54) is 12.1 Å². The zero-order valence-electron chi connectivity index (χ0n) is 13.5. The van der Waals surface area contributed by atoms with Gasteiger partial charge in [-0.15, -0.1) is 0 Å². The van der Waals surface area contributed by atoms with Crippen LogP contribution in [-0.2, 0) is 7.05 Å². The maximum absolute atomic E-state index is 13.6. The molecule has 1 amide bonds. The number of amides is 1. The fraction of sp³-hybridized carbons (Fsp3) is 0.158. The summed E-state index contributed by atoms with van der Waals surface area (Å²) in [5.41, 5.74) is 2.28. The van der Waals surface area contributed by atoms with Crippen molar-refractivity contribution in [1.82, 2.24) is 14.9 Å². The summed E-state index contributed by atoms with van der Waals surface area (Å²) in [5, 5.41) is 2.95. The van der Waals surface area contributed by atoms with Crippen LogP contribution in [0.2, 0.25) is 0 Å². The summed E-state index contributed by atoms with van der Waals surface area (Å²) in [5.74, 6) is 0.0598. The van der Waals surface area contributed by atoms with Crippen LogP contribution in [0.5, 0.6) is 0 Å². The summed E-state index contributed by atoms with van der Waals surface area (Å²) in [6, 6.07) is 13.0. The molecule has 0 fully saturated rings. The van der Waals surface area contributed by atoms with Gasteiger partial charge in [0, 0.05) is 25.0 Å². The first-order valence-electron chi connectivity index (χ1n) is 7.65. The van der Waals surface area contributed by atoms with Crippen molar-refractivity contribution in [2.45, 2.75) is 13.0 Å². The summed E-state index contributed by atoms with van der Waals surface area (Å²) < 4.78 is 15.4. The van der Waals surface area contributed by atoms with Crippen molar-refractivity contribution in [1.29, 1.82) is 0 Å². The third-order valence-electron chi connectivity index (χ3n) is 3.89. The van der Waals surface area contributed by atoms with Crippen molar-refractivity contribution >= 4 is 5.91 Å². The molecule has 24 heavy (non-hydrogen) atoms. The summed E-state index contributed by atoms with van der Waals surface area (Å²) in [7, 11) is 1.84. The number of nitrogens with zero attached hydrogens (tertiary/aromatic N) is 2. The molecule has 122 valence electrons. The zero-order chi connectivity index (χ0) is 17.1. The molecule has 0 aliphatic heterocycles. The lowest BCUT2D eigenvalue weighted by molar-refractivity contribution is 0.0941. The Hall–Kier alpha value is -2.95. The molecule has 1 unspecified atom stereocenters. The lowest BCUT2D eigenvalue weighted by Gasteiger charge is -2.19. The van der Waals surface area contributed by atoms with Crippen LogP contribution in [0.3, 0.4) is 0 Å². The Balaban J connectivity index is 1.95. The van der Waals surface area contributed by atoms with E-state index < -0.39 is 6.04 Å². The van der Waals surface area contributed by atoms with Crippen molar-refractivity contribution in [3.63, 3.8) is 0 Å². The van der Waals surface area contributed by atoms with Crippen LogP contribution in [0.4, 0.5) is 4.39 Å². The first kappa shape index (κ1) is 15.9. The second-order valence-corrected chi connectivity index (χ2v) is 5.72. The lowest BCUT2D eigenvalue weighted by atomic mass is 10.0. The molecule has 0 aliphatic carbocycles. The van der Waals surface area contributed by atoms with Crippen LogP contribution in [0.1, 0.15) is 33.4 Å². The molecule has 0 aliphatic rings. The summed E-state index contributed by atoms with van der Waals surface area (Å²) in [6.45, 7) is 1.96. The van der Waals surface area contributed by atoms with Crippen molar-refractivity contribution in [2.75, 3.05) is 0 Å². The van der Waals surface area contributed by atoms with Gasteiger partial charge in [0.15, 0.2) is 0 Å². The highest BCUT2D eigenvalue weighted by Crippen LogP contribution is 2.22. The molecule has 3 aromatic rings. The number of rotatable bonds is 4. The van der Waals surface area contributed by atoms with E-state index in [0.717, 1.165) is 5.56 Å². The van der Waals surface area contributed by atoms with Crippen LogP contribution in [0, 0.1) is 12.7 Å². The summed E-state index contributed by atoms with van der Waals surface area (Å²) >= 11 is 0. The molecule has 2 aromatic carbocycles. The molecule has 4 nitrogen and oxygen atoms in total. The van der Waals surface area contributed by atoms with Gasteiger partial charge in [0.1, 0.15) is 17.7 Å². The molecule has 5 heteroatoms. The Bertz CT molecular complexity index is 855. The Morgan fingerprint density at radius 1 is 1.21 bits per heavy atom. The number of benzene rings is 2. The van der Waals surface area contributed by atoms with Gasteiger partial charge >= 0.3 is 0 Å². The topological polar surface area (TPSA) is 46.9 Å². The van der Waals surface area contributed by atoms with Gasteiger partial charge in [0.05, 0.1) is 0 Å². The molecule has 3 rings (SSSR count). The molecule has 1 heterocycles. The highest BCUT2D eigenvalue weighted by atomic mass is 19.1. The van der Waals surface area contributed by atoms with E-state index in [2.05, 4.69) is 10.3 Å². The number of aryl methyl sites for hydroxylation is 2. The number of carbonyl (C=O) groups is 1. The quantitative estimate of drug-likeness (QED) is 0.800. The Morgan fingerprint density at radius 2 is 1.96 bits per heavy atom. The molecule has 0 saturated heterocycles. The molecule has 0 saturated carbocycles. The molecular formula is C19H18FN3O. The smallest absolute Gasteiger partial charge is 0.252 e. The second kappa shape index (κ2) is 6.66. The summed E-state index contributed by atoms with van der Waals surface area (Å²) in [4.78, 5) is 16.9. The van der Waals surface area contributed by atoms with Crippen molar-refractivity contribution < 1.29 is 9.18 Å². The fourth-order valence-electron chi connectivity index (χ4n) is 2.56. The largest absolute Gasteiger partial charge is 0.338 e. The number of hydrogen-bond acceptors (Lipinski definition) is 2. The van der Waals surface area contributed by atoms with Gasteiger partial charge in [0.25, 0.3) is 5.91 Å². The van der Waals surface area contributed by atoms with Gasteiger partial charge in [-0.1, -0.05) is 29.8 Å². The highest BCUT2D eigenvalue weighted by Gasteiger charge is 2.21. The predicted molar refractivity (Wildman–Crippen MR) is 90.1 cm³/mol. The zero-order valence-corrected chi connectivity index (χ0v) is 13.5. The van der Waals surface area contributed by atoms with Crippen LogP contribution < -0.4 is 5.32 Å². The van der Waals surface area contributed by atoms with Crippen LogP contribution >= 0.6 is 0 Å². The maximum atomic E-state index is 13.6. The minimum absolute atomic E-state index is 0.229. The number of imidazole rings is 1. The molecule has 0 radical (unpaired) electrons. The number of hydrogen-bond donors (Lipinski definition) is 1. The predicted octanol–water partition coefficient (Wildman–Crippen LogP) is 3.39. The monoisotopic (exact) mass is 323 g/mol. The molecule has 0 bridgehead atoms. The van der Waals surface area contributed by atoms with E-state index in [9.17, 15) is 9.18 Å². The highest BCUT2D eigenvalue weighted by molar-refractivity contribution is 5.94. The Labute approximate surface area is 140 Å².